The van der Waals surface area contributed by atoms with Crippen molar-refractivity contribution in [3.8, 4) is 0 Å². The van der Waals surface area contributed by atoms with Crippen LogP contribution in [0.2, 0.25) is 0 Å². The van der Waals surface area contributed by atoms with Crippen molar-refractivity contribution in [3.05, 3.63) is 0 Å². The van der Waals surface area contributed by atoms with Gasteiger partial charge >= 0.3 is 0 Å². The van der Waals surface area contributed by atoms with Gasteiger partial charge in [-0.2, -0.15) is 0 Å². The molecule has 1 aliphatic heterocycles. The molecule has 4 heteroatoms. The third-order valence-corrected chi connectivity index (χ3v) is 3.61. The number of piperidine rings is 1. The largest absolute Gasteiger partial charge is 0.393 e. The van der Waals surface area contributed by atoms with Crippen molar-refractivity contribution in [2.45, 2.75) is 25.4 Å². The van der Waals surface area contributed by atoms with Crippen LogP contribution in [-0.2, 0) is 9.59 Å². The highest BCUT2D eigenvalue weighted by Crippen LogP contribution is 2.47. The van der Waals surface area contributed by atoms with Crippen molar-refractivity contribution >= 4 is 11.8 Å². The lowest BCUT2D eigenvalue weighted by Gasteiger charge is -2.34. The number of rotatable bonds is 2. The molecule has 0 aromatic heterocycles. The van der Waals surface area contributed by atoms with Crippen LogP contribution in [-0.4, -0.2) is 34.5 Å². The number of carbonyl (C=O) groups excluding carboxylic acids is 2. The fraction of sp³-hybridized carbons (Fsp3) is 0.800. The standard InChI is InChI=1S/C10H13NO3/c12-6-1-5(2-6)4-11-9(13)7-3-8(7)10(11)14/h5-8,12H,1-4H2. The fourth-order valence-corrected chi connectivity index (χ4v) is 2.54. The normalized spacial score (nSPS) is 45.1. The van der Waals surface area contributed by atoms with E-state index >= 15 is 0 Å². The third kappa shape index (κ3) is 1.03. The number of likely N-dealkylation sites (tertiary alicyclic amines) is 1. The Bertz CT molecular complexity index is 288. The van der Waals surface area contributed by atoms with Crippen molar-refractivity contribution in [2.24, 2.45) is 17.8 Å². The summed E-state index contributed by atoms with van der Waals surface area (Å²) in [5.74, 6) is 0.443. The zero-order valence-electron chi connectivity index (χ0n) is 7.85. The molecule has 0 aromatic carbocycles. The summed E-state index contributed by atoms with van der Waals surface area (Å²) in [4.78, 5) is 24.5. The molecule has 1 heterocycles. The lowest BCUT2D eigenvalue weighted by Crippen LogP contribution is -2.42. The number of hydrogen-bond donors (Lipinski definition) is 1. The van der Waals surface area contributed by atoms with Gasteiger partial charge in [0.1, 0.15) is 0 Å². The van der Waals surface area contributed by atoms with Crippen molar-refractivity contribution in [2.75, 3.05) is 6.54 Å². The van der Waals surface area contributed by atoms with Gasteiger partial charge in [-0.25, -0.2) is 0 Å². The maximum absolute atomic E-state index is 11.6. The lowest BCUT2D eigenvalue weighted by molar-refractivity contribution is -0.143. The van der Waals surface area contributed by atoms with E-state index in [9.17, 15) is 9.59 Å². The minimum absolute atomic E-state index is 0.0208. The monoisotopic (exact) mass is 195 g/mol. The van der Waals surface area contributed by atoms with Gasteiger partial charge in [0.25, 0.3) is 0 Å². The quantitative estimate of drug-likeness (QED) is 0.619. The lowest BCUT2D eigenvalue weighted by atomic mass is 9.82. The van der Waals surface area contributed by atoms with Crippen LogP contribution in [0, 0.1) is 17.8 Å². The van der Waals surface area contributed by atoms with Gasteiger partial charge in [0, 0.05) is 6.54 Å². The van der Waals surface area contributed by atoms with Crippen LogP contribution in [0.5, 0.6) is 0 Å². The van der Waals surface area contributed by atoms with E-state index in [2.05, 4.69) is 0 Å². The van der Waals surface area contributed by atoms with Gasteiger partial charge in [-0.1, -0.05) is 0 Å². The summed E-state index contributed by atoms with van der Waals surface area (Å²) in [7, 11) is 0. The van der Waals surface area contributed by atoms with Crippen molar-refractivity contribution in [1.82, 2.24) is 4.90 Å². The molecular formula is C10H13NO3. The van der Waals surface area contributed by atoms with E-state index in [1.807, 2.05) is 0 Å². The van der Waals surface area contributed by atoms with Gasteiger partial charge in [0.2, 0.25) is 11.8 Å². The first kappa shape index (κ1) is 8.41. The summed E-state index contributed by atoms with van der Waals surface area (Å²) in [5.41, 5.74) is 0. The maximum atomic E-state index is 11.6. The average molecular weight is 195 g/mol. The average Bonchev–Trinajstić information content (AvgIpc) is 2.83. The molecule has 0 aromatic rings. The molecule has 3 rings (SSSR count). The highest BCUT2D eigenvalue weighted by Gasteiger charge is 2.59. The predicted molar refractivity (Wildman–Crippen MR) is 47.0 cm³/mol. The molecule has 2 atom stereocenters. The van der Waals surface area contributed by atoms with E-state index < -0.39 is 0 Å². The van der Waals surface area contributed by atoms with Gasteiger partial charge in [0.05, 0.1) is 17.9 Å². The van der Waals surface area contributed by atoms with Crippen LogP contribution in [0.15, 0.2) is 0 Å². The van der Waals surface area contributed by atoms with Crippen LogP contribution in [0.3, 0.4) is 0 Å². The van der Waals surface area contributed by atoms with E-state index in [-0.39, 0.29) is 29.8 Å². The van der Waals surface area contributed by atoms with E-state index in [1.54, 1.807) is 0 Å². The van der Waals surface area contributed by atoms with Gasteiger partial charge in [0.15, 0.2) is 0 Å². The number of aliphatic hydroxyl groups excluding tert-OH is 1. The Morgan fingerprint density at radius 3 is 2.21 bits per heavy atom. The molecule has 76 valence electrons. The highest BCUT2D eigenvalue weighted by atomic mass is 16.3. The number of hydrogen-bond acceptors (Lipinski definition) is 3. The fourth-order valence-electron chi connectivity index (χ4n) is 2.54. The van der Waals surface area contributed by atoms with Gasteiger partial charge < -0.3 is 5.11 Å². The second-order valence-corrected chi connectivity index (χ2v) is 4.73. The molecule has 3 fully saturated rings. The highest BCUT2D eigenvalue weighted by molar-refractivity contribution is 6.08. The molecular weight excluding hydrogens is 182 g/mol. The Labute approximate surface area is 81.9 Å². The van der Waals surface area contributed by atoms with Crippen LogP contribution in [0.4, 0.5) is 0 Å². The van der Waals surface area contributed by atoms with E-state index in [0.717, 1.165) is 19.3 Å². The molecule has 0 spiro atoms. The first-order chi connectivity index (χ1) is 6.66. The molecule has 1 N–H and O–H groups in total. The molecule has 0 bridgehead atoms. The second-order valence-electron chi connectivity index (χ2n) is 4.73. The van der Waals surface area contributed by atoms with Gasteiger partial charge in [-0.05, 0) is 25.2 Å². The Hall–Kier alpha value is -0.900. The first-order valence-corrected chi connectivity index (χ1v) is 5.20. The first-order valence-electron chi connectivity index (χ1n) is 5.20. The molecule has 14 heavy (non-hydrogen) atoms. The molecule has 3 aliphatic rings. The molecule has 2 aliphatic carbocycles. The maximum Gasteiger partial charge on any atom is 0.233 e. The second kappa shape index (κ2) is 2.57. The van der Waals surface area contributed by atoms with Crippen molar-refractivity contribution < 1.29 is 14.7 Å². The summed E-state index contributed by atoms with van der Waals surface area (Å²) in [6, 6.07) is 0. The van der Waals surface area contributed by atoms with E-state index in [1.165, 1.54) is 4.90 Å². The number of aliphatic hydroxyl groups is 1. The zero-order chi connectivity index (χ0) is 9.87. The number of carbonyl (C=O) groups is 2. The molecule has 4 nitrogen and oxygen atoms in total. The molecule has 1 saturated heterocycles. The summed E-state index contributed by atoms with van der Waals surface area (Å²) < 4.78 is 0. The number of imide groups is 1. The van der Waals surface area contributed by atoms with Crippen molar-refractivity contribution in [1.29, 1.82) is 0 Å². The summed E-state index contributed by atoms with van der Waals surface area (Å²) in [5, 5.41) is 9.10. The zero-order valence-corrected chi connectivity index (χ0v) is 7.85. The Balaban J connectivity index is 1.63. The Morgan fingerprint density at radius 2 is 1.71 bits per heavy atom. The summed E-state index contributed by atoms with van der Waals surface area (Å²) in [6.45, 7) is 0.543. The smallest absolute Gasteiger partial charge is 0.233 e. The molecule has 2 saturated carbocycles. The summed E-state index contributed by atoms with van der Waals surface area (Å²) >= 11 is 0. The predicted octanol–water partition coefficient (Wildman–Crippen LogP) is -0.238. The van der Waals surface area contributed by atoms with Crippen LogP contribution < -0.4 is 0 Å². The van der Waals surface area contributed by atoms with Crippen molar-refractivity contribution in [3.63, 3.8) is 0 Å². The van der Waals surface area contributed by atoms with Gasteiger partial charge in [-0.3, -0.25) is 14.5 Å². The summed E-state index contributed by atoms with van der Waals surface area (Å²) in [6.07, 6.45) is 2.06. The minimum atomic E-state index is -0.206. The Morgan fingerprint density at radius 1 is 1.14 bits per heavy atom. The van der Waals surface area contributed by atoms with Crippen LogP contribution in [0.25, 0.3) is 0 Å². The van der Waals surface area contributed by atoms with Crippen LogP contribution >= 0.6 is 0 Å². The topological polar surface area (TPSA) is 57.6 Å². The van der Waals surface area contributed by atoms with E-state index in [0.29, 0.717) is 12.5 Å². The number of nitrogens with zero attached hydrogens (tertiary/aromatic N) is 1. The van der Waals surface area contributed by atoms with Gasteiger partial charge in [-0.15, -0.1) is 0 Å². The number of fused-ring (bicyclic) bond motifs is 1. The van der Waals surface area contributed by atoms with Crippen LogP contribution in [0.1, 0.15) is 19.3 Å². The third-order valence-electron chi connectivity index (χ3n) is 3.61. The molecule has 2 amide bonds. The molecule has 0 radical (unpaired) electrons. The Kier molecular flexibility index (Phi) is 1.54. The minimum Gasteiger partial charge on any atom is -0.393 e. The van der Waals surface area contributed by atoms with E-state index in [4.69, 9.17) is 5.11 Å². The molecule has 2 unspecified atom stereocenters. The SMILES string of the molecule is O=C1C2CC2C(=O)N1CC1CC(O)C1. The number of amides is 2.